The largest absolute Gasteiger partial charge is 0.321 e. The number of carbonyl (C=O) groups excluding carboxylic acids is 1. The Balaban J connectivity index is 1.76. The summed E-state index contributed by atoms with van der Waals surface area (Å²) >= 11 is 0. The molecule has 1 amide bonds. The van der Waals surface area contributed by atoms with Crippen molar-refractivity contribution in [1.82, 2.24) is 19.5 Å². The van der Waals surface area contributed by atoms with Gasteiger partial charge in [0.1, 0.15) is 0 Å². The summed E-state index contributed by atoms with van der Waals surface area (Å²) in [6, 6.07) is 7.66. The summed E-state index contributed by atoms with van der Waals surface area (Å²) in [4.78, 5) is 16.9. The topological polar surface area (TPSA) is 106 Å². The van der Waals surface area contributed by atoms with Crippen molar-refractivity contribution in [3.05, 3.63) is 60.9 Å². The first kappa shape index (κ1) is 19.7. The van der Waals surface area contributed by atoms with Gasteiger partial charge in [0.25, 0.3) is 5.91 Å². The fourth-order valence-electron chi connectivity index (χ4n) is 2.63. The zero-order valence-corrected chi connectivity index (χ0v) is 16.4. The van der Waals surface area contributed by atoms with Gasteiger partial charge in [-0.05, 0) is 44.2 Å². The van der Waals surface area contributed by atoms with Crippen LogP contribution < -0.4 is 10.0 Å². The number of nitrogens with zero attached hydrogens (tertiary/aromatic N) is 3. The van der Waals surface area contributed by atoms with E-state index in [0.717, 1.165) is 11.0 Å². The molecule has 8 nitrogen and oxygen atoms in total. The molecule has 3 aromatic rings. The fourth-order valence-corrected chi connectivity index (χ4v) is 3.63. The number of fused-ring (bicyclic) bond motifs is 1. The van der Waals surface area contributed by atoms with Crippen LogP contribution in [0.1, 0.15) is 30.2 Å². The van der Waals surface area contributed by atoms with Crippen molar-refractivity contribution in [3.8, 4) is 0 Å². The van der Waals surface area contributed by atoms with Crippen LogP contribution in [0.25, 0.3) is 11.0 Å². The van der Waals surface area contributed by atoms with E-state index in [-0.39, 0.29) is 23.4 Å². The molecule has 0 saturated carbocycles. The highest BCUT2D eigenvalue weighted by atomic mass is 32.2. The minimum atomic E-state index is -3.63. The fraction of sp³-hybridized carbons (Fsp3) is 0.211. The maximum absolute atomic E-state index is 12.5. The Morgan fingerprint density at radius 1 is 1.25 bits per heavy atom. The molecular formula is C19H21N5O3S. The maximum atomic E-state index is 12.5. The van der Waals surface area contributed by atoms with Crippen LogP contribution in [0.5, 0.6) is 0 Å². The first-order valence-electron chi connectivity index (χ1n) is 8.67. The van der Waals surface area contributed by atoms with Crippen LogP contribution in [0.3, 0.4) is 0 Å². The molecule has 2 aromatic heterocycles. The van der Waals surface area contributed by atoms with E-state index in [1.165, 1.54) is 30.3 Å². The number of aromatic nitrogens is 3. The molecule has 1 aromatic carbocycles. The van der Waals surface area contributed by atoms with E-state index < -0.39 is 10.0 Å². The third kappa shape index (κ3) is 4.10. The number of amides is 1. The Morgan fingerprint density at radius 2 is 1.96 bits per heavy atom. The first-order valence-corrected chi connectivity index (χ1v) is 10.2. The van der Waals surface area contributed by atoms with E-state index in [1.54, 1.807) is 23.1 Å². The standard InChI is InChI=1S/C19H21N5O3S/c1-4-9-22-28(26,27)17-7-5-14(6-8-17)19(25)23-16-10-15-11-21-24(13(2)3)18(15)20-12-16/h4-8,10-13,22H,1,9H2,2-3H3,(H,23,25). The summed E-state index contributed by atoms with van der Waals surface area (Å²) in [6.07, 6.45) is 4.72. The number of rotatable bonds is 7. The van der Waals surface area contributed by atoms with Gasteiger partial charge in [0.05, 0.1) is 23.0 Å². The minimum absolute atomic E-state index is 0.0788. The van der Waals surface area contributed by atoms with Gasteiger partial charge < -0.3 is 5.32 Å². The number of hydrogen-bond donors (Lipinski definition) is 2. The molecule has 0 bridgehead atoms. The molecule has 0 aliphatic carbocycles. The molecule has 9 heteroatoms. The SMILES string of the molecule is C=CCNS(=O)(=O)c1ccc(C(=O)Nc2cnc3c(cnn3C(C)C)c2)cc1. The monoisotopic (exact) mass is 399 g/mol. The van der Waals surface area contributed by atoms with Crippen LogP contribution in [0.4, 0.5) is 5.69 Å². The molecule has 28 heavy (non-hydrogen) atoms. The van der Waals surface area contributed by atoms with Crippen molar-refractivity contribution < 1.29 is 13.2 Å². The third-order valence-corrected chi connectivity index (χ3v) is 5.46. The van der Waals surface area contributed by atoms with Gasteiger partial charge in [-0.1, -0.05) is 6.08 Å². The van der Waals surface area contributed by atoms with E-state index in [0.29, 0.717) is 11.3 Å². The van der Waals surface area contributed by atoms with E-state index in [1.807, 2.05) is 13.8 Å². The highest BCUT2D eigenvalue weighted by Gasteiger charge is 2.15. The van der Waals surface area contributed by atoms with E-state index in [9.17, 15) is 13.2 Å². The second-order valence-corrected chi connectivity index (χ2v) is 8.21. The van der Waals surface area contributed by atoms with Crippen molar-refractivity contribution in [2.24, 2.45) is 0 Å². The molecule has 0 unspecified atom stereocenters. The predicted octanol–water partition coefficient (Wildman–Crippen LogP) is 2.73. The van der Waals surface area contributed by atoms with Gasteiger partial charge in [0.2, 0.25) is 10.0 Å². The van der Waals surface area contributed by atoms with Gasteiger partial charge in [-0.3, -0.25) is 4.79 Å². The van der Waals surface area contributed by atoms with Crippen molar-refractivity contribution in [3.63, 3.8) is 0 Å². The molecule has 0 atom stereocenters. The molecular weight excluding hydrogens is 378 g/mol. The summed E-state index contributed by atoms with van der Waals surface area (Å²) < 4.78 is 28.3. The molecule has 0 fully saturated rings. The highest BCUT2D eigenvalue weighted by molar-refractivity contribution is 7.89. The average Bonchev–Trinajstić information content (AvgIpc) is 3.10. The number of anilines is 1. The molecule has 0 aliphatic heterocycles. The first-order chi connectivity index (χ1) is 13.3. The van der Waals surface area contributed by atoms with Crippen molar-refractivity contribution in [2.45, 2.75) is 24.8 Å². The Labute approximate surface area is 163 Å². The number of carbonyl (C=O) groups is 1. The van der Waals surface area contributed by atoms with Gasteiger partial charge >= 0.3 is 0 Å². The van der Waals surface area contributed by atoms with Crippen LogP contribution in [-0.4, -0.2) is 35.6 Å². The normalized spacial score (nSPS) is 11.7. The lowest BCUT2D eigenvalue weighted by Gasteiger charge is -2.08. The molecule has 0 radical (unpaired) electrons. The number of hydrogen-bond acceptors (Lipinski definition) is 5. The lowest BCUT2D eigenvalue weighted by Crippen LogP contribution is -2.23. The number of nitrogens with one attached hydrogen (secondary N) is 2. The Bertz CT molecular complexity index is 1120. The van der Waals surface area contributed by atoms with Crippen molar-refractivity contribution in [2.75, 3.05) is 11.9 Å². The van der Waals surface area contributed by atoms with Gasteiger partial charge in [-0.2, -0.15) is 5.10 Å². The Hall–Kier alpha value is -3.04. The molecule has 3 rings (SSSR count). The lowest BCUT2D eigenvalue weighted by molar-refractivity contribution is 0.102. The zero-order valence-electron chi connectivity index (χ0n) is 15.6. The molecule has 146 valence electrons. The van der Waals surface area contributed by atoms with E-state index >= 15 is 0 Å². The van der Waals surface area contributed by atoms with Crippen LogP contribution in [0.15, 0.2) is 60.3 Å². The Kier molecular flexibility index (Phi) is 5.57. The van der Waals surface area contributed by atoms with Gasteiger partial charge in [0, 0.05) is 23.5 Å². The van der Waals surface area contributed by atoms with Gasteiger partial charge in [-0.15, -0.1) is 6.58 Å². The molecule has 0 aliphatic rings. The quantitative estimate of drug-likeness (QED) is 0.594. The average molecular weight is 399 g/mol. The van der Waals surface area contributed by atoms with Gasteiger partial charge in [0.15, 0.2) is 5.65 Å². The maximum Gasteiger partial charge on any atom is 0.255 e. The summed E-state index contributed by atoms with van der Waals surface area (Å²) in [5, 5.41) is 7.88. The number of sulfonamides is 1. The summed E-state index contributed by atoms with van der Waals surface area (Å²) in [5.74, 6) is -0.361. The van der Waals surface area contributed by atoms with Crippen molar-refractivity contribution >= 4 is 32.7 Å². The zero-order chi connectivity index (χ0) is 20.3. The van der Waals surface area contributed by atoms with E-state index in [2.05, 4.69) is 26.7 Å². The minimum Gasteiger partial charge on any atom is -0.321 e. The highest BCUT2D eigenvalue weighted by Crippen LogP contribution is 2.20. The third-order valence-electron chi connectivity index (χ3n) is 4.02. The lowest BCUT2D eigenvalue weighted by atomic mass is 10.2. The van der Waals surface area contributed by atoms with Crippen molar-refractivity contribution in [1.29, 1.82) is 0 Å². The Morgan fingerprint density at radius 3 is 2.61 bits per heavy atom. The smallest absolute Gasteiger partial charge is 0.255 e. The summed E-state index contributed by atoms with van der Waals surface area (Å²) in [5.41, 5.74) is 1.61. The van der Waals surface area contributed by atoms with Crippen LogP contribution in [-0.2, 0) is 10.0 Å². The molecule has 2 heterocycles. The van der Waals surface area contributed by atoms with Crippen LogP contribution in [0, 0.1) is 0 Å². The number of benzene rings is 1. The second-order valence-electron chi connectivity index (χ2n) is 6.44. The van der Waals surface area contributed by atoms with Crippen LogP contribution >= 0.6 is 0 Å². The summed E-state index contributed by atoms with van der Waals surface area (Å²) in [7, 11) is -3.63. The van der Waals surface area contributed by atoms with Gasteiger partial charge in [-0.25, -0.2) is 22.8 Å². The molecule has 0 spiro atoms. The van der Waals surface area contributed by atoms with E-state index in [4.69, 9.17) is 0 Å². The second kappa shape index (κ2) is 7.91. The predicted molar refractivity (Wildman–Crippen MR) is 108 cm³/mol. The summed E-state index contributed by atoms with van der Waals surface area (Å²) in [6.45, 7) is 7.63. The molecule has 0 saturated heterocycles. The number of pyridine rings is 1. The van der Waals surface area contributed by atoms with Crippen LogP contribution in [0.2, 0.25) is 0 Å². The molecule has 2 N–H and O–H groups in total.